The van der Waals surface area contributed by atoms with Crippen LogP contribution in [-0.2, 0) is 17.9 Å². The molecule has 0 saturated carbocycles. The van der Waals surface area contributed by atoms with Gasteiger partial charge in [0.25, 0.3) is 22.5 Å². The third kappa shape index (κ3) is 5.78. The van der Waals surface area contributed by atoms with Crippen LogP contribution in [0, 0.1) is 20.2 Å². The number of halogens is 1. The third-order valence-corrected chi connectivity index (χ3v) is 6.54. The molecule has 10 nitrogen and oxygen atoms in total. The summed E-state index contributed by atoms with van der Waals surface area (Å²) in [6, 6.07) is 16.9. The van der Waals surface area contributed by atoms with Crippen molar-refractivity contribution in [2.45, 2.75) is 13.2 Å². The summed E-state index contributed by atoms with van der Waals surface area (Å²) in [5.41, 5.74) is 1.58. The molecule has 0 spiro atoms. The predicted molar refractivity (Wildman–Crippen MR) is 136 cm³/mol. The molecule has 12 heteroatoms. The Morgan fingerprint density at radius 2 is 1.64 bits per heavy atom. The molecule has 0 unspecified atom stereocenters. The van der Waals surface area contributed by atoms with E-state index in [9.17, 15) is 29.8 Å². The van der Waals surface area contributed by atoms with E-state index in [1.807, 2.05) is 0 Å². The number of amides is 2. The molecule has 3 aromatic rings. The number of non-ortho nitro benzene ring substituents is 2. The highest BCUT2D eigenvalue weighted by Crippen LogP contribution is 2.36. The van der Waals surface area contributed by atoms with E-state index < -0.39 is 21.0 Å². The second-order valence-corrected chi connectivity index (χ2v) is 9.50. The van der Waals surface area contributed by atoms with Gasteiger partial charge in [0.1, 0.15) is 12.4 Å². The van der Waals surface area contributed by atoms with Crippen LogP contribution in [0.1, 0.15) is 16.7 Å². The second-order valence-electron chi connectivity index (χ2n) is 7.59. The molecule has 0 radical (unpaired) electrons. The van der Waals surface area contributed by atoms with Gasteiger partial charge in [0, 0.05) is 34.3 Å². The number of rotatable bonds is 8. The minimum Gasteiger partial charge on any atom is -0.488 e. The molecule has 3 aromatic carbocycles. The minimum atomic E-state index is -0.524. The predicted octanol–water partition coefficient (Wildman–Crippen LogP) is 6.08. The van der Waals surface area contributed by atoms with Crippen molar-refractivity contribution in [2.24, 2.45) is 0 Å². The zero-order valence-electron chi connectivity index (χ0n) is 18.3. The van der Waals surface area contributed by atoms with Gasteiger partial charge in [-0.15, -0.1) is 0 Å². The summed E-state index contributed by atoms with van der Waals surface area (Å²) in [5, 5.41) is 21.4. The van der Waals surface area contributed by atoms with E-state index in [-0.39, 0.29) is 29.4 Å². The van der Waals surface area contributed by atoms with Gasteiger partial charge >= 0.3 is 0 Å². The Morgan fingerprint density at radius 3 is 2.33 bits per heavy atom. The Kier molecular flexibility index (Phi) is 7.46. The number of hydrogen-bond acceptors (Lipinski definition) is 8. The first-order chi connectivity index (χ1) is 17.2. The van der Waals surface area contributed by atoms with E-state index in [0.29, 0.717) is 22.4 Å². The fourth-order valence-corrected chi connectivity index (χ4v) is 4.58. The zero-order chi connectivity index (χ0) is 25.8. The van der Waals surface area contributed by atoms with Crippen molar-refractivity contribution in [1.29, 1.82) is 0 Å². The van der Waals surface area contributed by atoms with Gasteiger partial charge < -0.3 is 4.74 Å². The van der Waals surface area contributed by atoms with E-state index in [4.69, 9.17) is 4.74 Å². The van der Waals surface area contributed by atoms with E-state index in [1.165, 1.54) is 36.4 Å². The smallest absolute Gasteiger partial charge is 0.293 e. The normalized spacial score (nSPS) is 14.4. The Balaban J connectivity index is 1.53. The maximum Gasteiger partial charge on any atom is 0.293 e. The van der Waals surface area contributed by atoms with Gasteiger partial charge in [-0.05, 0) is 47.2 Å². The summed E-state index contributed by atoms with van der Waals surface area (Å²) in [6.45, 7) is 0.0421. The highest BCUT2D eigenvalue weighted by molar-refractivity contribution is 9.10. The van der Waals surface area contributed by atoms with Crippen LogP contribution in [0.5, 0.6) is 5.75 Å². The van der Waals surface area contributed by atoms with Gasteiger partial charge in [-0.1, -0.05) is 40.2 Å². The maximum atomic E-state index is 13.0. The summed E-state index contributed by atoms with van der Waals surface area (Å²) in [4.78, 5) is 47.6. The number of imide groups is 1. The molecule has 182 valence electrons. The van der Waals surface area contributed by atoms with Crippen molar-refractivity contribution in [2.75, 3.05) is 0 Å². The van der Waals surface area contributed by atoms with Crippen molar-refractivity contribution < 1.29 is 24.2 Å². The first-order valence-corrected chi connectivity index (χ1v) is 12.0. The number of nitrogens with zero attached hydrogens (tertiary/aromatic N) is 3. The molecule has 2 amide bonds. The molecule has 1 aliphatic heterocycles. The average Bonchev–Trinajstić information content (AvgIpc) is 3.11. The fourth-order valence-electron chi connectivity index (χ4n) is 3.37. The van der Waals surface area contributed by atoms with Crippen LogP contribution in [0.4, 0.5) is 16.2 Å². The van der Waals surface area contributed by atoms with Crippen molar-refractivity contribution in [3.05, 3.63) is 113 Å². The molecule has 1 aliphatic rings. The number of ether oxygens (including phenoxy) is 1. The van der Waals surface area contributed by atoms with Gasteiger partial charge in [-0.2, -0.15) is 0 Å². The maximum absolute atomic E-state index is 13.0. The van der Waals surface area contributed by atoms with Crippen molar-refractivity contribution in [3.63, 3.8) is 0 Å². The summed E-state index contributed by atoms with van der Waals surface area (Å²) >= 11 is 4.17. The topological polar surface area (TPSA) is 133 Å². The SMILES string of the molecule is O=C1S/C(=C\c2cc(Br)ccc2OCc2cccc([N+](=O)[O-])c2)C(=O)N1Cc1ccc([N+](=O)[O-])cc1. The summed E-state index contributed by atoms with van der Waals surface area (Å²) < 4.78 is 6.60. The average molecular weight is 570 g/mol. The van der Waals surface area contributed by atoms with E-state index in [1.54, 1.807) is 36.4 Å². The van der Waals surface area contributed by atoms with Gasteiger partial charge in [-0.3, -0.25) is 34.7 Å². The first-order valence-electron chi connectivity index (χ1n) is 10.4. The molecule has 0 aliphatic carbocycles. The van der Waals surface area contributed by atoms with E-state index >= 15 is 0 Å². The molecule has 4 rings (SSSR count). The third-order valence-electron chi connectivity index (χ3n) is 5.14. The molecular formula is C24H16BrN3O7S. The number of nitro benzene ring substituents is 2. The largest absolute Gasteiger partial charge is 0.488 e. The Hall–Kier alpha value is -4.03. The molecule has 36 heavy (non-hydrogen) atoms. The number of benzene rings is 3. The number of carbonyl (C=O) groups is 2. The number of hydrogen-bond donors (Lipinski definition) is 0. The first kappa shape index (κ1) is 25.1. The van der Waals surface area contributed by atoms with Crippen molar-refractivity contribution >= 4 is 56.3 Å². The fraction of sp³-hybridized carbons (Fsp3) is 0.0833. The molecule has 0 bridgehead atoms. The molecule has 1 heterocycles. The Morgan fingerprint density at radius 1 is 0.917 bits per heavy atom. The van der Waals surface area contributed by atoms with E-state index in [2.05, 4.69) is 15.9 Å². The minimum absolute atomic E-state index is 0.0192. The number of nitro groups is 2. The van der Waals surface area contributed by atoms with Crippen LogP contribution in [0.2, 0.25) is 0 Å². The molecule has 0 atom stereocenters. The standard InChI is InChI=1S/C24H16BrN3O7S/c25-18-6-9-21(35-14-16-2-1-3-20(10-16)28(33)34)17(11-18)12-22-23(29)26(24(30)36-22)13-15-4-7-19(8-5-15)27(31)32/h1-12H,13-14H2/b22-12-. The lowest BCUT2D eigenvalue weighted by atomic mass is 10.1. The summed E-state index contributed by atoms with van der Waals surface area (Å²) in [5.74, 6) is -0.0696. The van der Waals surface area contributed by atoms with Crippen LogP contribution in [0.3, 0.4) is 0 Å². The van der Waals surface area contributed by atoms with Crippen LogP contribution in [0.25, 0.3) is 6.08 Å². The zero-order valence-corrected chi connectivity index (χ0v) is 20.7. The summed E-state index contributed by atoms with van der Waals surface area (Å²) in [7, 11) is 0. The Labute approximate surface area is 217 Å². The number of thioether (sulfide) groups is 1. The molecular weight excluding hydrogens is 554 g/mol. The second kappa shape index (κ2) is 10.7. The van der Waals surface area contributed by atoms with Crippen LogP contribution >= 0.6 is 27.7 Å². The van der Waals surface area contributed by atoms with Crippen molar-refractivity contribution in [1.82, 2.24) is 4.90 Å². The molecule has 1 fully saturated rings. The van der Waals surface area contributed by atoms with Gasteiger partial charge in [0.2, 0.25) is 0 Å². The quantitative estimate of drug-likeness (QED) is 0.181. The summed E-state index contributed by atoms with van der Waals surface area (Å²) in [6.07, 6.45) is 1.55. The van der Waals surface area contributed by atoms with Gasteiger partial charge in [0.15, 0.2) is 0 Å². The van der Waals surface area contributed by atoms with Gasteiger partial charge in [0.05, 0.1) is 21.3 Å². The monoisotopic (exact) mass is 569 g/mol. The highest BCUT2D eigenvalue weighted by Gasteiger charge is 2.35. The molecule has 0 N–H and O–H groups in total. The number of carbonyl (C=O) groups excluding carboxylic acids is 2. The van der Waals surface area contributed by atoms with E-state index in [0.717, 1.165) is 21.1 Å². The lowest BCUT2D eigenvalue weighted by molar-refractivity contribution is -0.385. The van der Waals surface area contributed by atoms with Gasteiger partial charge in [-0.25, -0.2) is 0 Å². The molecule has 1 saturated heterocycles. The Bertz CT molecular complexity index is 1410. The lowest BCUT2D eigenvalue weighted by Gasteiger charge is -2.12. The highest BCUT2D eigenvalue weighted by atomic mass is 79.9. The van der Waals surface area contributed by atoms with Crippen LogP contribution in [-0.4, -0.2) is 25.9 Å². The van der Waals surface area contributed by atoms with Crippen LogP contribution in [0.15, 0.2) is 76.1 Å². The molecule has 0 aromatic heterocycles. The van der Waals surface area contributed by atoms with Crippen LogP contribution < -0.4 is 4.74 Å². The lowest BCUT2D eigenvalue weighted by Crippen LogP contribution is -2.27. The van der Waals surface area contributed by atoms with Crippen molar-refractivity contribution in [3.8, 4) is 5.75 Å².